The fraction of sp³-hybridized carbons (Fsp3) is 0.300. The van der Waals surface area contributed by atoms with Crippen LogP contribution >= 0.6 is 0 Å². The third kappa shape index (κ3) is 1.37. The first-order valence-electron chi connectivity index (χ1n) is 4.13. The fourth-order valence-corrected chi connectivity index (χ4v) is 1.46. The predicted molar refractivity (Wildman–Crippen MR) is 47.3 cm³/mol. The molecule has 1 aromatic carbocycles. The molecule has 1 aromatic rings. The molecule has 0 aromatic heterocycles. The highest BCUT2D eigenvalue weighted by atomic mass is 14.9. The number of nitrogens with one attached hydrogen (secondary N) is 1. The molecule has 1 aliphatic heterocycles. The Bertz CT molecular complexity index is 217. The fourth-order valence-electron chi connectivity index (χ4n) is 1.46. The molecule has 0 spiro atoms. The summed E-state index contributed by atoms with van der Waals surface area (Å²) >= 11 is 0. The van der Waals surface area contributed by atoms with Gasteiger partial charge in [-0.3, -0.25) is 0 Å². The minimum Gasteiger partial charge on any atom is -0.380 e. The number of benzene rings is 1. The average molecular weight is 146 g/mol. The lowest BCUT2D eigenvalue weighted by Crippen LogP contribution is -1.92. The number of para-hydroxylation sites is 1. The van der Waals surface area contributed by atoms with Crippen molar-refractivity contribution in [1.82, 2.24) is 0 Å². The van der Waals surface area contributed by atoms with Crippen LogP contribution in [0, 0.1) is 6.54 Å². The van der Waals surface area contributed by atoms with Crippen molar-refractivity contribution in [1.29, 1.82) is 0 Å². The van der Waals surface area contributed by atoms with Gasteiger partial charge in [0.1, 0.15) is 0 Å². The second-order valence-electron chi connectivity index (χ2n) is 2.90. The van der Waals surface area contributed by atoms with Crippen molar-refractivity contribution in [2.45, 2.75) is 19.3 Å². The summed E-state index contributed by atoms with van der Waals surface area (Å²) in [4.78, 5) is 0. The van der Waals surface area contributed by atoms with E-state index in [9.17, 15) is 0 Å². The van der Waals surface area contributed by atoms with E-state index in [0.717, 1.165) is 0 Å². The highest BCUT2D eigenvalue weighted by molar-refractivity contribution is 5.52. The minimum absolute atomic E-state index is 1.18. The van der Waals surface area contributed by atoms with Crippen LogP contribution in [0.2, 0.25) is 0 Å². The molecule has 0 fully saturated rings. The molecule has 0 aliphatic carbocycles. The van der Waals surface area contributed by atoms with Crippen LogP contribution in [-0.2, 0) is 6.42 Å². The SMILES string of the molecule is [CH]1CCCc2ccccc2N1. The van der Waals surface area contributed by atoms with Gasteiger partial charge < -0.3 is 5.32 Å². The third-order valence-corrected chi connectivity index (χ3v) is 2.07. The molecule has 0 bridgehead atoms. The molecule has 2 rings (SSSR count). The van der Waals surface area contributed by atoms with Gasteiger partial charge in [0.15, 0.2) is 0 Å². The van der Waals surface area contributed by atoms with E-state index >= 15 is 0 Å². The van der Waals surface area contributed by atoms with Gasteiger partial charge in [-0.25, -0.2) is 0 Å². The van der Waals surface area contributed by atoms with Gasteiger partial charge in [-0.2, -0.15) is 0 Å². The highest BCUT2D eigenvalue weighted by Gasteiger charge is 2.04. The second kappa shape index (κ2) is 2.95. The average Bonchev–Trinajstić information content (AvgIpc) is 2.28. The van der Waals surface area contributed by atoms with Gasteiger partial charge in [0.2, 0.25) is 0 Å². The Kier molecular flexibility index (Phi) is 1.80. The van der Waals surface area contributed by atoms with E-state index in [1.807, 2.05) is 0 Å². The van der Waals surface area contributed by atoms with Gasteiger partial charge in [0, 0.05) is 12.2 Å². The Morgan fingerprint density at radius 3 is 3.09 bits per heavy atom. The molecule has 1 radical (unpaired) electrons. The summed E-state index contributed by atoms with van der Waals surface area (Å²) in [6.07, 6.45) is 3.65. The molecular formula is C10H12N. The van der Waals surface area contributed by atoms with Crippen LogP contribution in [0.25, 0.3) is 0 Å². The minimum atomic E-state index is 1.18. The van der Waals surface area contributed by atoms with E-state index in [1.165, 1.54) is 30.5 Å². The van der Waals surface area contributed by atoms with Crippen LogP contribution in [0.3, 0.4) is 0 Å². The van der Waals surface area contributed by atoms with Crippen molar-refractivity contribution in [2.24, 2.45) is 0 Å². The van der Waals surface area contributed by atoms with Crippen LogP contribution in [0.15, 0.2) is 24.3 Å². The first kappa shape index (κ1) is 6.71. The second-order valence-corrected chi connectivity index (χ2v) is 2.90. The topological polar surface area (TPSA) is 12.0 Å². The van der Waals surface area contributed by atoms with E-state index in [1.54, 1.807) is 0 Å². The molecular weight excluding hydrogens is 134 g/mol. The zero-order valence-corrected chi connectivity index (χ0v) is 6.51. The number of aryl methyl sites for hydroxylation is 1. The number of hydrogen-bond acceptors (Lipinski definition) is 1. The van der Waals surface area contributed by atoms with Crippen LogP contribution in [0.1, 0.15) is 18.4 Å². The monoisotopic (exact) mass is 146 g/mol. The largest absolute Gasteiger partial charge is 0.380 e. The van der Waals surface area contributed by atoms with E-state index in [4.69, 9.17) is 0 Å². The van der Waals surface area contributed by atoms with Crippen molar-refractivity contribution < 1.29 is 0 Å². The van der Waals surface area contributed by atoms with Gasteiger partial charge in [-0.05, 0) is 30.9 Å². The Labute approximate surface area is 67.4 Å². The molecule has 0 amide bonds. The zero-order chi connectivity index (χ0) is 7.52. The number of fused-ring (bicyclic) bond motifs is 1. The third-order valence-electron chi connectivity index (χ3n) is 2.07. The molecule has 0 atom stereocenters. The quantitative estimate of drug-likeness (QED) is 0.593. The summed E-state index contributed by atoms with van der Waals surface area (Å²) in [6.45, 7) is 2.14. The maximum atomic E-state index is 3.30. The van der Waals surface area contributed by atoms with Crippen LogP contribution < -0.4 is 5.32 Å². The van der Waals surface area contributed by atoms with Gasteiger partial charge >= 0.3 is 0 Å². The number of rotatable bonds is 0. The van der Waals surface area contributed by atoms with Crippen molar-refractivity contribution in [3.63, 3.8) is 0 Å². The standard InChI is InChI=1S/C10H12N/c1-2-7-10-9(5-1)6-3-4-8-11-10/h1-2,5,7-8,11H,3-4,6H2. The first-order valence-corrected chi connectivity index (χ1v) is 4.13. The van der Waals surface area contributed by atoms with Crippen molar-refractivity contribution in [3.8, 4) is 0 Å². The summed E-state index contributed by atoms with van der Waals surface area (Å²) in [5.41, 5.74) is 2.73. The molecule has 0 saturated carbocycles. The smallest absolute Gasteiger partial charge is 0.0462 e. The molecule has 1 nitrogen and oxygen atoms in total. The summed E-state index contributed by atoms with van der Waals surface area (Å²) in [7, 11) is 0. The van der Waals surface area contributed by atoms with Crippen LogP contribution in [0.4, 0.5) is 5.69 Å². The summed E-state index contributed by atoms with van der Waals surface area (Å²) < 4.78 is 0. The normalized spacial score (nSPS) is 16.4. The molecule has 1 heteroatoms. The van der Waals surface area contributed by atoms with E-state index in [-0.39, 0.29) is 0 Å². The van der Waals surface area contributed by atoms with E-state index in [2.05, 4.69) is 36.1 Å². The lowest BCUT2D eigenvalue weighted by atomic mass is 10.1. The molecule has 1 aliphatic rings. The lowest BCUT2D eigenvalue weighted by molar-refractivity contribution is 0.831. The van der Waals surface area contributed by atoms with Crippen molar-refractivity contribution >= 4 is 5.69 Å². The predicted octanol–water partition coefficient (Wildman–Crippen LogP) is 2.60. The van der Waals surface area contributed by atoms with Crippen LogP contribution in [-0.4, -0.2) is 0 Å². The highest BCUT2D eigenvalue weighted by Crippen LogP contribution is 2.21. The first-order chi connectivity index (χ1) is 5.47. The van der Waals surface area contributed by atoms with Gasteiger partial charge in [0.25, 0.3) is 0 Å². The van der Waals surface area contributed by atoms with Crippen molar-refractivity contribution in [2.75, 3.05) is 5.32 Å². The van der Waals surface area contributed by atoms with Gasteiger partial charge in [-0.15, -0.1) is 0 Å². The Balaban J connectivity index is 2.33. The summed E-state index contributed by atoms with van der Waals surface area (Å²) in [5.74, 6) is 0. The zero-order valence-electron chi connectivity index (χ0n) is 6.51. The summed E-state index contributed by atoms with van der Waals surface area (Å²) in [5, 5.41) is 3.30. The molecule has 1 N–H and O–H groups in total. The van der Waals surface area contributed by atoms with E-state index in [0.29, 0.717) is 0 Å². The molecule has 0 unspecified atom stereocenters. The Morgan fingerprint density at radius 2 is 2.09 bits per heavy atom. The Hall–Kier alpha value is -0.980. The summed E-state index contributed by atoms with van der Waals surface area (Å²) in [6, 6.07) is 8.51. The number of hydrogen-bond donors (Lipinski definition) is 1. The van der Waals surface area contributed by atoms with Crippen molar-refractivity contribution in [3.05, 3.63) is 36.4 Å². The number of anilines is 1. The molecule has 0 saturated heterocycles. The van der Waals surface area contributed by atoms with Gasteiger partial charge in [0.05, 0.1) is 0 Å². The van der Waals surface area contributed by atoms with Gasteiger partial charge in [-0.1, -0.05) is 18.2 Å². The van der Waals surface area contributed by atoms with E-state index < -0.39 is 0 Å². The molecule has 11 heavy (non-hydrogen) atoms. The molecule has 1 heterocycles. The maximum Gasteiger partial charge on any atom is 0.0462 e. The lowest BCUT2D eigenvalue weighted by Gasteiger charge is -2.04. The molecule has 57 valence electrons. The Morgan fingerprint density at radius 1 is 1.18 bits per heavy atom. The maximum absolute atomic E-state index is 3.30. The van der Waals surface area contributed by atoms with Crippen LogP contribution in [0.5, 0.6) is 0 Å².